The number of pyridine rings is 1. The summed E-state index contributed by atoms with van der Waals surface area (Å²) >= 11 is 11.9. The Labute approximate surface area is 155 Å². The average Bonchev–Trinajstić information content (AvgIpc) is 2.64. The van der Waals surface area contributed by atoms with Gasteiger partial charge >= 0.3 is 0 Å². The highest BCUT2D eigenvalue weighted by Gasteiger charge is 2.20. The normalized spacial score (nSPS) is 14.2. The molecule has 1 saturated heterocycles. The number of hydrogen-bond acceptors (Lipinski definition) is 3. The summed E-state index contributed by atoms with van der Waals surface area (Å²) in [6, 6.07) is 7.93. The zero-order chi connectivity index (χ0) is 17.8. The van der Waals surface area contributed by atoms with Crippen LogP contribution in [0.5, 0.6) is 0 Å². The summed E-state index contributed by atoms with van der Waals surface area (Å²) in [4.78, 5) is 30.8. The largest absolute Gasteiger partial charge is 0.339 e. The zero-order valence-corrected chi connectivity index (χ0v) is 15.0. The topological polar surface area (TPSA) is 62.3 Å². The number of benzene rings is 1. The van der Waals surface area contributed by atoms with E-state index in [4.69, 9.17) is 23.2 Å². The van der Waals surface area contributed by atoms with Crippen molar-refractivity contribution in [2.24, 2.45) is 0 Å². The maximum Gasteiger partial charge on any atom is 0.274 e. The summed E-state index contributed by atoms with van der Waals surface area (Å²) in [6.45, 7) is 1.51. The van der Waals surface area contributed by atoms with E-state index in [1.54, 1.807) is 24.3 Å². The molecule has 0 unspecified atom stereocenters. The van der Waals surface area contributed by atoms with Gasteiger partial charge in [0.05, 0.1) is 10.7 Å². The van der Waals surface area contributed by atoms with Gasteiger partial charge < -0.3 is 10.2 Å². The van der Waals surface area contributed by atoms with Crippen molar-refractivity contribution in [2.75, 3.05) is 18.4 Å². The average molecular weight is 378 g/mol. The van der Waals surface area contributed by atoms with Crippen molar-refractivity contribution in [1.82, 2.24) is 9.88 Å². The van der Waals surface area contributed by atoms with Crippen LogP contribution < -0.4 is 5.32 Å². The number of hydrogen-bond donors (Lipinski definition) is 1. The van der Waals surface area contributed by atoms with Crippen molar-refractivity contribution in [1.29, 1.82) is 0 Å². The summed E-state index contributed by atoms with van der Waals surface area (Å²) in [6.07, 6.45) is 4.64. The molecular weight excluding hydrogens is 361 g/mol. The highest BCUT2D eigenvalue weighted by Crippen LogP contribution is 2.25. The van der Waals surface area contributed by atoms with Crippen LogP contribution >= 0.6 is 23.2 Å². The Balaban J connectivity index is 1.76. The number of likely N-dealkylation sites (tertiary alicyclic amines) is 1. The van der Waals surface area contributed by atoms with Crippen molar-refractivity contribution >= 4 is 40.7 Å². The fourth-order valence-corrected chi connectivity index (χ4v) is 3.20. The van der Waals surface area contributed by atoms with Crippen LogP contribution in [0.15, 0.2) is 36.5 Å². The number of piperidine rings is 1. The zero-order valence-electron chi connectivity index (χ0n) is 13.5. The summed E-state index contributed by atoms with van der Waals surface area (Å²) in [5.74, 6) is -0.502. The third-order valence-corrected chi connectivity index (χ3v) is 4.61. The fourth-order valence-electron chi connectivity index (χ4n) is 2.74. The molecule has 1 N–H and O–H groups in total. The molecule has 0 bridgehead atoms. The molecule has 2 aromatic rings. The molecule has 2 heterocycles. The quantitative estimate of drug-likeness (QED) is 0.868. The lowest BCUT2D eigenvalue weighted by Crippen LogP contribution is -2.35. The third-order valence-electron chi connectivity index (χ3n) is 4.06. The molecule has 130 valence electrons. The number of aromatic nitrogens is 1. The van der Waals surface area contributed by atoms with Crippen molar-refractivity contribution in [3.05, 3.63) is 57.8 Å². The van der Waals surface area contributed by atoms with E-state index in [-0.39, 0.29) is 11.6 Å². The first kappa shape index (κ1) is 17.7. The molecule has 1 aromatic carbocycles. The Bertz CT molecular complexity index is 805. The minimum absolute atomic E-state index is 0.0688. The SMILES string of the molecule is O=C(Nc1ccc(Cl)cc1Cl)c1cc(C(=O)N2CCCCC2)ccn1. The molecule has 0 spiro atoms. The van der Waals surface area contributed by atoms with E-state index in [2.05, 4.69) is 10.3 Å². The second-order valence-electron chi connectivity index (χ2n) is 5.86. The lowest BCUT2D eigenvalue weighted by molar-refractivity contribution is 0.0724. The van der Waals surface area contributed by atoms with Crippen LogP contribution in [-0.4, -0.2) is 34.8 Å². The Morgan fingerprint density at radius 2 is 1.80 bits per heavy atom. The van der Waals surface area contributed by atoms with Gasteiger partial charge in [0.1, 0.15) is 5.69 Å². The molecule has 3 rings (SSSR count). The van der Waals surface area contributed by atoms with E-state index in [9.17, 15) is 9.59 Å². The van der Waals surface area contributed by atoms with Crippen molar-refractivity contribution in [3.63, 3.8) is 0 Å². The van der Waals surface area contributed by atoms with Crippen molar-refractivity contribution in [2.45, 2.75) is 19.3 Å². The number of carbonyl (C=O) groups excluding carboxylic acids is 2. The van der Waals surface area contributed by atoms with Crippen LogP contribution in [0.1, 0.15) is 40.1 Å². The molecule has 1 fully saturated rings. The van der Waals surface area contributed by atoms with Crippen LogP contribution in [0.25, 0.3) is 0 Å². The Kier molecular flexibility index (Phi) is 5.56. The predicted octanol–water partition coefficient (Wildman–Crippen LogP) is 4.27. The highest BCUT2D eigenvalue weighted by molar-refractivity contribution is 6.36. The number of halogens is 2. The summed E-state index contributed by atoms with van der Waals surface area (Å²) in [5, 5.41) is 3.50. The number of anilines is 1. The number of carbonyl (C=O) groups is 2. The lowest BCUT2D eigenvalue weighted by atomic mass is 10.1. The number of nitrogens with zero attached hydrogens (tertiary/aromatic N) is 2. The van der Waals surface area contributed by atoms with Crippen LogP contribution in [0, 0.1) is 0 Å². The van der Waals surface area contributed by atoms with Gasteiger partial charge in [-0.2, -0.15) is 0 Å². The maximum absolute atomic E-state index is 12.6. The van der Waals surface area contributed by atoms with Gasteiger partial charge in [-0.05, 0) is 49.6 Å². The van der Waals surface area contributed by atoms with Gasteiger partial charge in [-0.1, -0.05) is 23.2 Å². The van der Waals surface area contributed by atoms with E-state index in [1.165, 1.54) is 12.3 Å². The smallest absolute Gasteiger partial charge is 0.274 e. The van der Waals surface area contributed by atoms with Gasteiger partial charge in [0, 0.05) is 29.9 Å². The molecule has 1 aliphatic heterocycles. The van der Waals surface area contributed by atoms with Crippen LogP contribution in [0.2, 0.25) is 10.0 Å². The fraction of sp³-hybridized carbons (Fsp3) is 0.278. The third kappa shape index (κ3) is 4.30. The van der Waals surface area contributed by atoms with E-state index in [0.29, 0.717) is 21.3 Å². The molecule has 2 amide bonds. The molecule has 0 aliphatic carbocycles. The Morgan fingerprint density at radius 1 is 1.04 bits per heavy atom. The number of amides is 2. The molecule has 25 heavy (non-hydrogen) atoms. The first-order chi connectivity index (χ1) is 12.0. The predicted molar refractivity (Wildman–Crippen MR) is 98.4 cm³/mol. The van der Waals surface area contributed by atoms with Crippen molar-refractivity contribution < 1.29 is 9.59 Å². The molecule has 0 radical (unpaired) electrons. The second kappa shape index (κ2) is 7.85. The molecular formula is C18H17Cl2N3O2. The van der Waals surface area contributed by atoms with E-state index in [0.717, 1.165) is 32.4 Å². The van der Waals surface area contributed by atoms with Gasteiger partial charge in [0.2, 0.25) is 0 Å². The Hall–Kier alpha value is -2.11. The molecule has 0 saturated carbocycles. The molecule has 1 aromatic heterocycles. The van der Waals surface area contributed by atoms with Gasteiger partial charge in [-0.3, -0.25) is 14.6 Å². The summed E-state index contributed by atoms with van der Waals surface area (Å²) < 4.78 is 0. The second-order valence-corrected chi connectivity index (χ2v) is 6.70. The van der Waals surface area contributed by atoms with Gasteiger partial charge in [-0.25, -0.2) is 0 Å². The van der Waals surface area contributed by atoms with Gasteiger partial charge in [0.25, 0.3) is 11.8 Å². The monoisotopic (exact) mass is 377 g/mol. The molecule has 5 nitrogen and oxygen atoms in total. The lowest BCUT2D eigenvalue weighted by Gasteiger charge is -2.26. The van der Waals surface area contributed by atoms with Crippen molar-refractivity contribution in [3.8, 4) is 0 Å². The standard InChI is InChI=1S/C18H17Cl2N3O2/c19-13-4-5-15(14(20)11-13)22-17(24)16-10-12(6-7-21-16)18(25)23-8-2-1-3-9-23/h4-7,10-11H,1-3,8-9H2,(H,22,24). The van der Waals surface area contributed by atoms with E-state index in [1.807, 2.05) is 4.90 Å². The highest BCUT2D eigenvalue weighted by atomic mass is 35.5. The van der Waals surface area contributed by atoms with Crippen LogP contribution in [-0.2, 0) is 0 Å². The van der Waals surface area contributed by atoms with E-state index >= 15 is 0 Å². The Morgan fingerprint density at radius 3 is 2.52 bits per heavy atom. The first-order valence-corrected chi connectivity index (χ1v) is 8.82. The number of nitrogens with one attached hydrogen (secondary N) is 1. The van der Waals surface area contributed by atoms with Crippen LogP contribution in [0.4, 0.5) is 5.69 Å². The maximum atomic E-state index is 12.6. The summed E-state index contributed by atoms with van der Waals surface area (Å²) in [7, 11) is 0. The van der Waals surface area contributed by atoms with Crippen LogP contribution in [0.3, 0.4) is 0 Å². The van der Waals surface area contributed by atoms with Gasteiger partial charge in [0.15, 0.2) is 0 Å². The molecule has 7 heteroatoms. The minimum Gasteiger partial charge on any atom is -0.339 e. The molecule has 1 aliphatic rings. The first-order valence-electron chi connectivity index (χ1n) is 8.06. The minimum atomic E-state index is -0.433. The van der Waals surface area contributed by atoms with E-state index < -0.39 is 5.91 Å². The number of rotatable bonds is 3. The van der Waals surface area contributed by atoms with Gasteiger partial charge in [-0.15, -0.1) is 0 Å². The molecule has 0 atom stereocenters. The summed E-state index contributed by atoms with van der Waals surface area (Å²) in [5.41, 5.74) is 1.06.